The van der Waals surface area contributed by atoms with E-state index in [0.717, 1.165) is 6.07 Å². The van der Waals surface area contributed by atoms with Crippen molar-refractivity contribution in [2.24, 2.45) is 0 Å². The summed E-state index contributed by atoms with van der Waals surface area (Å²) in [6, 6.07) is 3.90. The number of nitrogens with one attached hydrogen (secondary N) is 1. The molecule has 0 aliphatic heterocycles. The molecule has 1 fully saturated rings. The number of anilines is 1. The van der Waals surface area contributed by atoms with Gasteiger partial charge >= 0.3 is 6.18 Å². The number of alkyl halides is 3. The first-order chi connectivity index (χ1) is 8.86. The molecular formula is C13H15BrF3NO. The maximum Gasteiger partial charge on any atom is 0.418 e. The normalized spacial score (nSPS) is 24.3. The molecule has 1 aliphatic rings. The lowest BCUT2D eigenvalue weighted by atomic mass is 9.93. The first-order valence-electron chi connectivity index (χ1n) is 6.17. The van der Waals surface area contributed by atoms with Gasteiger partial charge in [-0.2, -0.15) is 13.2 Å². The number of halogens is 4. The highest BCUT2D eigenvalue weighted by molar-refractivity contribution is 9.10. The van der Waals surface area contributed by atoms with Crippen LogP contribution in [0.5, 0.6) is 0 Å². The first-order valence-corrected chi connectivity index (χ1v) is 6.97. The van der Waals surface area contributed by atoms with E-state index in [1.807, 2.05) is 0 Å². The zero-order valence-electron chi connectivity index (χ0n) is 10.2. The van der Waals surface area contributed by atoms with Crippen LogP contribution in [0, 0.1) is 0 Å². The fourth-order valence-corrected chi connectivity index (χ4v) is 2.68. The molecule has 0 radical (unpaired) electrons. The number of hydrogen-bond acceptors (Lipinski definition) is 2. The van der Waals surface area contributed by atoms with E-state index < -0.39 is 11.7 Å². The second-order valence-corrected chi connectivity index (χ2v) is 5.75. The van der Waals surface area contributed by atoms with Gasteiger partial charge in [0.25, 0.3) is 0 Å². The number of aliphatic hydroxyl groups is 1. The maximum absolute atomic E-state index is 12.9. The van der Waals surface area contributed by atoms with Crippen LogP contribution in [-0.4, -0.2) is 17.3 Å². The Labute approximate surface area is 118 Å². The summed E-state index contributed by atoms with van der Waals surface area (Å²) in [6.07, 6.45) is -2.05. The Bertz CT molecular complexity index is 442. The quantitative estimate of drug-likeness (QED) is 0.848. The summed E-state index contributed by atoms with van der Waals surface area (Å²) in [5.41, 5.74) is -0.551. The zero-order valence-corrected chi connectivity index (χ0v) is 11.8. The Balaban J connectivity index is 2.17. The lowest BCUT2D eigenvalue weighted by Crippen LogP contribution is -2.29. The summed E-state index contributed by atoms with van der Waals surface area (Å²) in [6.45, 7) is 0. The Morgan fingerprint density at radius 3 is 2.37 bits per heavy atom. The van der Waals surface area contributed by atoms with Gasteiger partial charge in [-0.3, -0.25) is 0 Å². The topological polar surface area (TPSA) is 32.3 Å². The van der Waals surface area contributed by atoms with Gasteiger partial charge in [-0.1, -0.05) is 15.9 Å². The standard InChI is InChI=1S/C13H15BrF3NO/c14-8-1-6-11(13(15,16)17)12(7-8)18-9-2-4-10(19)5-3-9/h1,6-7,9-10,18-19H,2-5H2. The van der Waals surface area contributed by atoms with Crippen molar-refractivity contribution in [1.82, 2.24) is 0 Å². The monoisotopic (exact) mass is 337 g/mol. The third kappa shape index (κ3) is 3.86. The van der Waals surface area contributed by atoms with E-state index in [2.05, 4.69) is 21.2 Å². The Morgan fingerprint density at radius 1 is 1.16 bits per heavy atom. The summed E-state index contributed by atoms with van der Waals surface area (Å²) in [7, 11) is 0. The smallest absolute Gasteiger partial charge is 0.393 e. The molecule has 0 bridgehead atoms. The van der Waals surface area contributed by atoms with Crippen LogP contribution in [0.4, 0.5) is 18.9 Å². The highest BCUT2D eigenvalue weighted by atomic mass is 79.9. The first kappa shape index (κ1) is 14.7. The summed E-state index contributed by atoms with van der Waals surface area (Å²) < 4.78 is 39.3. The van der Waals surface area contributed by atoms with Gasteiger partial charge in [0.2, 0.25) is 0 Å². The summed E-state index contributed by atoms with van der Waals surface area (Å²) in [5, 5.41) is 12.4. The summed E-state index contributed by atoms with van der Waals surface area (Å²) in [4.78, 5) is 0. The van der Waals surface area contributed by atoms with E-state index in [4.69, 9.17) is 0 Å². The Hall–Kier alpha value is -0.750. The molecule has 1 aliphatic carbocycles. The van der Waals surface area contributed by atoms with Gasteiger partial charge in [0.1, 0.15) is 0 Å². The van der Waals surface area contributed by atoms with Crippen molar-refractivity contribution in [1.29, 1.82) is 0 Å². The fourth-order valence-electron chi connectivity index (χ4n) is 2.32. The van der Waals surface area contributed by atoms with Crippen molar-refractivity contribution in [3.8, 4) is 0 Å². The minimum Gasteiger partial charge on any atom is -0.393 e. The molecule has 1 saturated carbocycles. The predicted molar refractivity (Wildman–Crippen MR) is 71.0 cm³/mol. The lowest BCUT2D eigenvalue weighted by Gasteiger charge is -2.28. The minimum absolute atomic E-state index is 0.0150. The van der Waals surface area contributed by atoms with Crippen LogP contribution in [0.2, 0.25) is 0 Å². The van der Waals surface area contributed by atoms with Crippen LogP contribution >= 0.6 is 15.9 Å². The van der Waals surface area contributed by atoms with Crippen molar-refractivity contribution < 1.29 is 18.3 Å². The molecule has 0 spiro atoms. The Kier molecular flexibility index (Phi) is 4.40. The van der Waals surface area contributed by atoms with Gasteiger partial charge < -0.3 is 10.4 Å². The molecule has 2 rings (SSSR count). The SMILES string of the molecule is OC1CCC(Nc2cc(Br)ccc2C(F)(F)F)CC1. The molecule has 6 heteroatoms. The van der Waals surface area contributed by atoms with Crippen molar-refractivity contribution in [2.45, 2.75) is 44.0 Å². The largest absolute Gasteiger partial charge is 0.418 e. The second kappa shape index (κ2) is 5.71. The molecule has 106 valence electrons. The summed E-state index contributed by atoms with van der Waals surface area (Å²) in [5.74, 6) is 0. The molecule has 19 heavy (non-hydrogen) atoms. The zero-order chi connectivity index (χ0) is 14.0. The van der Waals surface area contributed by atoms with Crippen molar-refractivity contribution in [3.63, 3.8) is 0 Å². The number of benzene rings is 1. The third-order valence-corrected chi connectivity index (χ3v) is 3.84. The van der Waals surface area contributed by atoms with E-state index in [1.54, 1.807) is 0 Å². The van der Waals surface area contributed by atoms with E-state index in [0.29, 0.717) is 30.2 Å². The van der Waals surface area contributed by atoms with E-state index >= 15 is 0 Å². The molecule has 0 amide bonds. The van der Waals surface area contributed by atoms with Gasteiger partial charge in [-0.25, -0.2) is 0 Å². The molecule has 2 nitrogen and oxygen atoms in total. The number of rotatable bonds is 2. The van der Waals surface area contributed by atoms with Gasteiger partial charge in [0.15, 0.2) is 0 Å². The van der Waals surface area contributed by atoms with Crippen LogP contribution < -0.4 is 5.32 Å². The average Bonchev–Trinajstić information content (AvgIpc) is 2.30. The maximum atomic E-state index is 12.9. The van der Waals surface area contributed by atoms with Crippen molar-refractivity contribution in [2.75, 3.05) is 5.32 Å². The van der Waals surface area contributed by atoms with E-state index in [1.165, 1.54) is 12.1 Å². The third-order valence-electron chi connectivity index (χ3n) is 3.34. The van der Waals surface area contributed by atoms with Crippen LogP contribution in [0.25, 0.3) is 0 Å². The van der Waals surface area contributed by atoms with Crippen LogP contribution in [-0.2, 0) is 6.18 Å². The average molecular weight is 338 g/mol. The van der Waals surface area contributed by atoms with Crippen LogP contribution in [0.1, 0.15) is 31.2 Å². The van der Waals surface area contributed by atoms with Gasteiger partial charge in [0, 0.05) is 16.2 Å². The molecule has 1 aromatic carbocycles. The number of hydrogen-bond donors (Lipinski definition) is 2. The lowest BCUT2D eigenvalue weighted by molar-refractivity contribution is -0.137. The van der Waals surface area contributed by atoms with E-state index in [-0.39, 0.29) is 17.8 Å². The van der Waals surface area contributed by atoms with E-state index in [9.17, 15) is 18.3 Å². The minimum atomic E-state index is -4.36. The van der Waals surface area contributed by atoms with Crippen LogP contribution in [0.15, 0.2) is 22.7 Å². The van der Waals surface area contributed by atoms with Gasteiger partial charge in [-0.15, -0.1) is 0 Å². The highest BCUT2D eigenvalue weighted by Crippen LogP contribution is 2.37. The fraction of sp³-hybridized carbons (Fsp3) is 0.538. The molecule has 2 N–H and O–H groups in total. The summed E-state index contributed by atoms with van der Waals surface area (Å²) >= 11 is 3.19. The van der Waals surface area contributed by atoms with Gasteiger partial charge in [-0.05, 0) is 43.9 Å². The van der Waals surface area contributed by atoms with Crippen molar-refractivity contribution in [3.05, 3.63) is 28.2 Å². The van der Waals surface area contributed by atoms with Crippen molar-refractivity contribution >= 4 is 21.6 Å². The molecule has 1 aromatic rings. The Morgan fingerprint density at radius 2 is 1.79 bits per heavy atom. The van der Waals surface area contributed by atoms with Crippen LogP contribution in [0.3, 0.4) is 0 Å². The molecule has 0 unspecified atom stereocenters. The highest BCUT2D eigenvalue weighted by Gasteiger charge is 2.34. The molecule has 0 heterocycles. The predicted octanol–water partition coefficient (Wildman–Crippen LogP) is 4.18. The molecular weight excluding hydrogens is 323 g/mol. The molecule has 0 atom stereocenters. The number of aliphatic hydroxyl groups excluding tert-OH is 1. The second-order valence-electron chi connectivity index (χ2n) is 4.84. The molecule has 0 aromatic heterocycles. The molecule has 0 saturated heterocycles. The van der Waals surface area contributed by atoms with Gasteiger partial charge in [0.05, 0.1) is 11.7 Å².